The molecule has 1 aromatic heterocycles. The SMILES string of the molecule is Cc1cc(OC[C@@H]2CCCNC2)nc(OC[C@H]2CCCNC2)n1. The van der Waals surface area contributed by atoms with Gasteiger partial charge in [-0.15, -0.1) is 0 Å². The molecule has 0 spiro atoms. The molecule has 0 radical (unpaired) electrons. The molecule has 0 aromatic carbocycles. The highest BCUT2D eigenvalue weighted by molar-refractivity contribution is 5.17. The largest absolute Gasteiger partial charge is 0.477 e. The Labute approximate surface area is 138 Å². The van der Waals surface area contributed by atoms with Crippen LogP contribution >= 0.6 is 0 Å². The molecule has 1 aromatic rings. The highest BCUT2D eigenvalue weighted by Crippen LogP contribution is 2.18. The van der Waals surface area contributed by atoms with E-state index in [0.29, 0.717) is 36.9 Å². The molecule has 0 saturated carbocycles. The Bertz CT molecular complexity index is 445. The van der Waals surface area contributed by atoms with E-state index < -0.39 is 0 Å². The molecule has 23 heavy (non-hydrogen) atoms. The molecule has 2 atom stereocenters. The summed E-state index contributed by atoms with van der Waals surface area (Å²) in [6.45, 7) is 7.61. The Morgan fingerprint density at radius 1 is 1.00 bits per heavy atom. The lowest BCUT2D eigenvalue weighted by atomic mass is 10.0. The second-order valence-corrected chi connectivity index (χ2v) is 6.68. The third-order valence-corrected chi connectivity index (χ3v) is 4.52. The van der Waals surface area contributed by atoms with Gasteiger partial charge in [-0.05, 0) is 45.7 Å². The van der Waals surface area contributed by atoms with E-state index in [-0.39, 0.29) is 0 Å². The normalized spacial score (nSPS) is 25.1. The second kappa shape index (κ2) is 8.45. The van der Waals surface area contributed by atoms with Crippen LogP contribution in [0.25, 0.3) is 0 Å². The van der Waals surface area contributed by atoms with Crippen molar-refractivity contribution in [2.45, 2.75) is 32.6 Å². The van der Waals surface area contributed by atoms with Gasteiger partial charge >= 0.3 is 6.01 Å². The van der Waals surface area contributed by atoms with Crippen LogP contribution in [0.15, 0.2) is 6.07 Å². The van der Waals surface area contributed by atoms with Crippen molar-refractivity contribution in [2.75, 3.05) is 39.4 Å². The van der Waals surface area contributed by atoms with Gasteiger partial charge in [0.25, 0.3) is 0 Å². The monoisotopic (exact) mass is 320 g/mol. The molecule has 2 N–H and O–H groups in total. The molecule has 3 rings (SSSR count). The molecular weight excluding hydrogens is 292 g/mol. The van der Waals surface area contributed by atoms with Gasteiger partial charge in [0, 0.05) is 36.7 Å². The van der Waals surface area contributed by atoms with Crippen LogP contribution in [0.2, 0.25) is 0 Å². The van der Waals surface area contributed by atoms with Crippen molar-refractivity contribution in [1.29, 1.82) is 0 Å². The van der Waals surface area contributed by atoms with Crippen LogP contribution in [-0.2, 0) is 0 Å². The van der Waals surface area contributed by atoms with Gasteiger partial charge in [0.05, 0.1) is 13.2 Å². The highest BCUT2D eigenvalue weighted by Gasteiger charge is 2.16. The van der Waals surface area contributed by atoms with E-state index in [1.54, 1.807) is 0 Å². The van der Waals surface area contributed by atoms with E-state index in [4.69, 9.17) is 9.47 Å². The predicted molar refractivity (Wildman–Crippen MR) is 88.9 cm³/mol. The summed E-state index contributed by atoms with van der Waals surface area (Å²) < 4.78 is 11.7. The smallest absolute Gasteiger partial charge is 0.319 e. The third-order valence-electron chi connectivity index (χ3n) is 4.52. The summed E-state index contributed by atoms with van der Waals surface area (Å²) in [5, 5.41) is 6.81. The number of hydrogen-bond donors (Lipinski definition) is 2. The highest BCUT2D eigenvalue weighted by atomic mass is 16.5. The molecule has 0 aliphatic carbocycles. The van der Waals surface area contributed by atoms with Gasteiger partial charge in [0.1, 0.15) is 0 Å². The first-order valence-electron chi connectivity index (χ1n) is 8.82. The molecule has 2 aliphatic rings. The lowest BCUT2D eigenvalue weighted by Gasteiger charge is -2.23. The number of aromatic nitrogens is 2. The molecular formula is C17H28N4O2. The molecule has 0 bridgehead atoms. The van der Waals surface area contributed by atoms with Crippen LogP contribution in [0.1, 0.15) is 31.4 Å². The van der Waals surface area contributed by atoms with E-state index in [2.05, 4.69) is 20.6 Å². The van der Waals surface area contributed by atoms with E-state index in [9.17, 15) is 0 Å². The molecule has 2 aliphatic heterocycles. The van der Waals surface area contributed by atoms with Crippen LogP contribution in [0.5, 0.6) is 11.9 Å². The van der Waals surface area contributed by atoms with Crippen LogP contribution in [0.3, 0.4) is 0 Å². The van der Waals surface area contributed by atoms with Gasteiger partial charge in [0.15, 0.2) is 0 Å². The van der Waals surface area contributed by atoms with Crippen LogP contribution in [0, 0.1) is 18.8 Å². The quantitative estimate of drug-likeness (QED) is 0.829. The van der Waals surface area contributed by atoms with Crippen molar-refractivity contribution >= 4 is 0 Å². The molecule has 3 heterocycles. The van der Waals surface area contributed by atoms with Crippen molar-refractivity contribution in [1.82, 2.24) is 20.6 Å². The Kier molecular flexibility index (Phi) is 6.05. The zero-order valence-corrected chi connectivity index (χ0v) is 14.0. The first-order chi connectivity index (χ1) is 11.3. The summed E-state index contributed by atoms with van der Waals surface area (Å²) in [4.78, 5) is 8.77. The van der Waals surface area contributed by atoms with Crippen LogP contribution in [0.4, 0.5) is 0 Å². The molecule has 0 amide bonds. The molecule has 2 saturated heterocycles. The van der Waals surface area contributed by atoms with E-state index in [0.717, 1.165) is 31.9 Å². The maximum Gasteiger partial charge on any atom is 0.319 e. The molecule has 6 nitrogen and oxygen atoms in total. The number of nitrogens with zero attached hydrogens (tertiary/aromatic N) is 2. The first-order valence-corrected chi connectivity index (χ1v) is 8.82. The van der Waals surface area contributed by atoms with Gasteiger partial charge in [-0.25, -0.2) is 4.98 Å². The number of piperidine rings is 2. The minimum Gasteiger partial charge on any atom is -0.477 e. The third kappa shape index (κ3) is 5.32. The zero-order chi connectivity index (χ0) is 15.9. The summed E-state index contributed by atoms with van der Waals surface area (Å²) >= 11 is 0. The van der Waals surface area contributed by atoms with Crippen LogP contribution in [-0.4, -0.2) is 49.4 Å². The lowest BCUT2D eigenvalue weighted by Crippen LogP contribution is -2.33. The van der Waals surface area contributed by atoms with Gasteiger partial charge in [0.2, 0.25) is 5.88 Å². The van der Waals surface area contributed by atoms with E-state index in [1.165, 1.54) is 25.7 Å². The molecule has 2 fully saturated rings. The van der Waals surface area contributed by atoms with Crippen LogP contribution < -0.4 is 20.1 Å². The van der Waals surface area contributed by atoms with Crippen molar-refractivity contribution in [3.63, 3.8) is 0 Å². The van der Waals surface area contributed by atoms with Crippen molar-refractivity contribution < 1.29 is 9.47 Å². The maximum atomic E-state index is 5.88. The van der Waals surface area contributed by atoms with Gasteiger partial charge in [-0.3, -0.25) is 0 Å². The average Bonchev–Trinajstić information content (AvgIpc) is 2.60. The number of ether oxygens (including phenoxy) is 2. The topological polar surface area (TPSA) is 68.3 Å². The fourth-order valence-corrected chi connectivity index (χ4v) is 3.18. The lowest BCUT2D eigenvalue weighted by molar-refractivity contribution is 0.191. The first kappa shape index (κ1) is 16.5. The minimum atomic E-state index is 0.437. The van der Waals surface area contributed by atoms with Gasteiger partial charge < -0.3 is 20.1 Å². The van der Waals surface area contributed by atoms with Gasteiger partial charge in [-0.1, -0.05) is 0 Å². The number of rotatable bonds is 6. The Balaban J connectivity index is 1.50. The minimum absolute atomic E-state index is 0.437. The molecule has 128 valence electrons. The van der Waals surface area contributed by atoms with Crippen molar-refractivity contribution in [3.8, 4) is 11.9 Å². The van der Waals surface area contributed by atoms with Crippen molar-refractivity contribution in [2.24, 2.45) is 11.8 Å². The Morgan fingerprint density at radius 2 is 1.65 bits per heavy atom. The Hall–Kier alpha value is -1.40. The Morgan fingerprint density at radius 3 is 2.26 bits per heavy atom. The fourth-order valence-electron chi connectivity index (χ4n) is 3.18. The zero-order valence-electron chi connectivity index (χ0n) is 14.0. The van der Waals surface area contributed by atoms with E-state index in [1.807, 2.05) is 13.0 Å². The molecule has 0 unspecified atom stereocenters. The maximum absolute atomic E-state index is 5.88. The number of nitrogens with one attached hydrogen (secondary N) is 2. The summed E-state index contributed by atoms with van der Waals surface area (Å²) in [7, 11) is 0. The number of aryl methyl sites for hydroxylation is 1. The van der Waals surface area contributed by atoms with Gasteiger partial charge in [-0.2, -0.15) is 4.98 Å². The number of hydrogen-bond acceptors (Lipinski definition) is 6. The summed E-state index contributed by atoms with van der Waals surface area (Å²) in [5.41, 5.74) is 0.883. The summed E-state index contributed by atoms with van der Waals surface area (Å²) in [6, 6.07) is 2.32. The standard InChI is InChI=1S/C17H28N4O2/c1-13-8-16(22-11-14-4-2-6-18-9-14)21-17(20-13)23-12-15-5-3-7-19-10-15/h8,14-15,18-19H,2-7,9-12H2,1H3/t14-,15+/m1/s1. The van der Waals surface area contributed by atoms with Crippen molar-refractivity contribution in [3.05, 3.63) is 11.8 Å². The summed E-state index contributed by atoms with van der Waals surface area (Å²) in [5.74, 6) is 1.74. The predicted octanol–water partition coefficient (Wildman–Crippen LogP) is 1.54. The molecule has 6 heteroatoms. The second-order valence-electron chi connectivity index (χ2n) is 6.68. The average molecular weight is 320 g/mol. The summed E-state index contributed by atoms with van der Waals surface area (Å²) in [6.07, 6.45) is 4.86. The fraction of sp³-hybridized carbons (Fsp3) is 0.765. The van der Waals surface area contributed by atoms with E-state index >= 15 is 0 Å².